The molecule has 166 valence electrons. The van der Waals surface area contributed by atoms with Gasteiger partial charge in [0.05, 0.1) is 34.2 Å². The molecule has 3 rings (SSSR count). The van der Waals surface area contributed by atoms with Crippen LogP contribution in [0.5, 0.6) is 0 Å². The molecule has 0 aliphatic carbocycles. The molecule has 1 aromatic heterocycles. The zero-order chi connectivity index (χ0) is 19.4. The zero-order valence-corrected chi connectivity index (χ0v) is 21.5. The first-order valence-electron chi connectivity index (χ1n) is 8.83. The van der Waals surface area contributed by atoms with Crippen molar-refractivity contribution in [3.8, 4) is 0 Å². The van der Waals surface area contributed by atoms with Crippen molar-refractivity contribution >= 4 is 34.4 Å². The summed E-state index contributed by atoms with van der Waals surface area (Å²) in [4.78, 5) is 14.0. The van der Waals surface area contributed by atoms with Gasteiger partial charge < -0.3 is 37.2 Å². The van der Waals surface area contributed by atoms with Crippen molar-refractivity contribution < 1.29 is 54.0 Å². The van der Waals surface area contributed by atoms with Crippen molar-refractivity contribution in [3.63, 3.8) is 0 Å². The van der Waals surface area contributed by atoms with Crippen LogP contribution in [0.15, 0.2) is 70.6 Å². The van der Waals surface area contributed by atoms with Crippen molar-refractivity contribution in [1.29, 1.82) is 0 Å². The number of hydrogen-bond donors (Lipinski definition) is 0. The Morgan fingerprint density at radius 3 is 1.32 bits per heavy atom. The van der Waals surface area contributed by atoms with Gasteiger partial charge in [0.1, 0.15) is 0 Å². The van der Waals surface area contributed by atoms with Gasteiger partial charge in [-0.15, -0.1) is 0 Å². The topological polar surface area (TPSA) is 37.6 Å². The van der Waals surface area contributed by atoms with Gasteiger partial charge in [0.25, 0.3) is 0 Å². The number of aliphatic imine (C=N–C) groups is 2. The minimum atomic E-state index is 0. The molecule has 0 saturated heterocycles. The number of rotatable bonds is 4. The van der Waals surface area contributed by atoms with Gasteiger partial charge in [-0.2, -0.15) is 0 Å². The van der Waals surface area contributed by atoms with Gasteiger partial charge in [0, 0.05) is 5.02 Å². The van der Waals surface area contributed by atoms with Gasteiger partial charge in [0.15, 0.2) is 0 Å². The molecular formula is C23H22Cl4CoN3. The predicted octanol–water partition coefficient (Wildman–Crippen LogP) is -2.36. The van der Waals surface area contributed by atoms with Crippen LogP contribution in [0.1, 0.15) is 36.4 Å². The van der Waals surface area contributed by atoms with E-state index in [0.29, 0.717) is 5.02 Å². The van der Waals surface area contributed by atoms with Crippen LogP contribution in [0.25, 0.3) is 0 Å². The van der Waals surface area contributed by atoms with Crippen molar-refractivity contribution in [2.75, 3.05) is 0 Å². The molecule has 2 aromatic carbocycles. The van der Waals surface area contributed by atoms with Gasteiger partial charge in [-0.1, -0.05) is 47.0 Å². The maximum atomic E-state index is 6.34. The van der Waals surface area contributed by atoms with E-state index >= 15 is 0 Å². The molecule has 0 fully saturated rings. The van der Waals surface area contributed by atoms with Crippen LogP contribution in [-0.4, -0.2) is 16.4 Å². The van der Waals surface area contributed by atoms with Crippen molar-refractivity contribution in [2.24, 2.45) is 9.98 Å². The fraction of sp³-hybridized carbons (Fsp3) is 0.174. The smallest absolute Gasteiger partial charge is 1.00 e. The van der Waals surface area contributed by atoms with E-state index in [2.05, 4.69) is 23.8 Å². The first kappa shape index (κ1) is 31.8. The standard InChI is InChI=1S/C23H22ClN3.3ClH.Co/c1-15-5-9-20(10-6-15)25-17(3)22-13-19(24)14-23(27-22)18(4)26-21-11-7-16(2)8-12-21;;;;/h5-14H,1-4H3;3*1H;/q;;;;+3/p-3. The van der Waals surface area contributed by atoms with E-state index in [9.17, 15) is 0 Å². The number of aryl methyl sites for hydroxylation is 2. The maximum Gasteiger partial charge on any atom is 3.00 e. The molecule has 1 heterocycles. The van der Waals surface area contributed by atoms with Crippen LogP contribution in [0.2, 0.25) is 5.02 Å². The molecule has 0 atom stereocenters. The molecule has 0 aliphatic rings. The molecule has 0 bridgehead atoms. The van der Waals surface area contributed by atoms with Crippen LogP contribution in [0.3, 0.4) is 0 Å². The largest absolute Gasteiger partial charge is 3.00 e. The molecule has 31 heavy (non-hydrogen) atoms. The summed E-state index contributed by atoms with van der Waals surface area (Å²) in [5, 5.41) is 0.618. The molecule has 8 heteroatoms. The number of pyridine rings is 1. The number of benzene rings is 2. The zero-order valence-electron chi connectivity index (χ0n) is 17.5. The first-order chi connectivity index (χ1) is 12.9. The van der Waals surface area contributed by atoms with E-state index in [1.54, 1.807) is 0 Å². The van der Waals surface area contributed by atoms with Crippen LogP contribution >= 0.6 is 11.6 Å². The van der Waals surface area contributed by atoms with E-state index in [0.717, 1.165) is 34.2 Å². The molecular weight excluding hydrogens is 519 g/mol. The molecule has 0 spiro atoms. The second-order valence-corrected chi connectivity index (χ2v) is 7.06. The first-order valence-corrected chi connectivity index (χ1v) is 9.21. The molecule has 0 radical (unpaired) electrons. The summed E-state index contributed by atoms with van der Waals surface area (Å²) in [7, 11) is 0. The minimum Gasteiger partial charge on any atom is -1.00 e. The number of halogens is 4. The van der Waals surface area contributed by atoms with Gasteiger partial charge >= 0.3 is 16.8 Å². The van der Waals surface area contributed by atoms with Gasteiger partial charge in [-0.3, -0.25) is 9.98 Å². The monoisotopic (exact) mass is 539 g/mol. The van der Waals surface area contributed by atoms with Crippen molar-refractivity contribution in [1.82, 2.24) is 4.98 Å². The van der Waals surface area contributed by atoms with E-state index < -0.39 is 0 Å². The Bertz CT molecular complexity index is 938. The quantitative estimate of drug-likeness (QED) is 0.341. The van der Waals surface area contributed by atoms with Gasteiger partial charge in [0.2, 0.25) is 0 Å². The summed E-state index contributed by atoms with van der Waals surface area (Å²) in [6.45, 7) is 7.99. The molecule has 3 aromatic rings. The normalized spacial score (nSPS) is 10.7. The fourth-order valence-corrected chi connectivity index (χ4v) is 2.82. The molecule has 0 amide bonds. The van der Waals surface area contributed by atoms with Crippen LogP contribution in [-0.2, 0) is 16.8 Å². The Morgan fingerprint density at radius 2 is 1.00 bits per heavy atom. The van der Waals surface area contributed by atoms with E-state index in [1.807, 2.05) is 74.5 Å². The third kappa shape index (κ3) is 9.32. The van der Waals surface area contributed by atoms with Crippen molar-refractivity contribution in [2.45, 2.75) is 27.7 Å². The van der Waals surface area contributed by atoms with Crippen LogP contribution in [0, 0.1) is 13.8 Å². The van der Waals surface area contributed by atoms with E-state index in [1.165, 1.54) is 11.1 Å². The molecule has 0 saturated carbocycles. The predicted molar refractivity (Wildman–Crippen MR) is 115 cm³/mol. The number of aromatic nitrogens is 1. The van der Waals surface area contributed by atoms with Crippen LogP contribution < -0.4 is 37.2 Å². The molecule has 0 aliphatic heterocycles. The number of hydrogen-bond acceptors (Lipinski definition) is 3. The Labute approximate surface area is 218 Å². The minimum absolute atomic E-state index is 0. The van der Waals surface area contributed by atoms with E-state index in [4.69, 9.17) is 16.6 Å². The Morgan fingerprint density at radius 1 is 0.677 bits per heavy atom. The maximum absolute atomic E-state index is 6.34. The van der Waals surface area contributed by atoms with E-state index in [-0.39, 0.29) is 54.0 Å². The second kappa shape index (κ2) is 14.6. The summed E-state index contributed by atoms with van der Waals surface area (Å²) in [6.07, 6.45) is 0. The Hall–Kier alpha value is -1.40. The Kier molecular flexibility index (Phi) is 15.0. The summed E-state index contributed by atoms with van der Waals surface area (Å²) in [5.41, 5.74) is 7.32. The number of nitrogens with zero attached hydrogens (tertiary/aromatic N) is 3. The Balaban J connectivity index is 0. The van der Waals surface area contributed by atoms with Gasteiger partial charge in [-0.25, -0.2) is 4.98 Å². The summed E-state index contributed by atoms with van der Waals surface area (Å²) in [6, 6.07) is 19.8. The average Bonchev–Trinajstić information content (AvgIpc) is 2.65. The third-order valence-corrected chi connectivity index (χ3v) is 4.41. The molecule has 0 unspecified atom stereocenters. The summed E-state index contributed by atoms with van der Waals surface area (Å²) >= 11 is 6.34. The summed E-state index contributed by atoms with van der Waals surface area (Å²) in [5.74, 6) is 0. The molecule has 0 N–H and O–H groups in total. The average molecular weight is 541 g/mol. The fourth-order valence-electron chi connectivity index (χ4n) is 2.61. The van der Waals surface area contributed by atoms with Crippen molar-refractivity contribution in [3.05, 3.63) is 88.2 Å². The van der Waals surface area contributed by atoms with Crippen LogP contribution in [0.4, 0.5) is 11.4 Å². The summed E-state index contributed by atoms with van der Waals surface area (Å²) < 4.78 is 0. The van der Waals surface area contributed by atoms with Gasteiger partial charge in [-0.05, 0) is 64.1 Å². The molecule has 3 nitrogen and oxygen atoms in total. The second-order valence-electron chi connectivity index (χ2n) is 6.62. The third-order valence-electron chi connectivity index (χ3n) is 4.19. The SMILES string of the molecule is CC(=Nc1ccc(C)cc1)c1cc(Cl)cc(C(C)=Nc2ccc(C)cc2)n1.[Cl-].[Cl-].[Cl-].[Co+3].